The van der Waals surface area contributed by atoms with Crippen LogP contribution in [0.5, 0.6) is 11.5 Å². The summed E-state index contributed by atoms with van der Waals surface area (Å²) in [5, 5.41) is 14.5. The molecule has 0 radical (unpaired) electrons. The number of benzene rings is 3. The fourth-order valence-corrected chi connectivity index (χ4v) is 5.09. The van der Waals surface area contributed by atoms with Gasteiger partial charge in [-0.15, -0.1) is 0 Å². The van der Waals surface area contributed by atoms with E-state index in [-0.39, 0.29) is 12.3 Å². The van der Waals surface area contributed by atoms with Gasteiger partial charge in [0.05, 0.1) is 30.1 Å². The van der Waals surface area contributed by atoms with Crippen LogP contribution < -0.4 is 15.0 Å². The zero-order valence-corrected chi connectivity index (χ0v) is 22.9. The smallest absolute Gasteiger partial charge is 0.223 e. The van der Waals surface area contributed by atoms with Gasteiger partial charge in [0, 0.05) is 23.2 Å². The molecule has 2 N–H and O–H groups in total. The number of ether oxygens (including phenoxy) is 1. The first-order chi connectivity index (χ1) is 20.0. The van der Waals surface area contributed by atoms with Crippen LogP contribution in [0.15, 0.2) is 97.2 Å². The van der Waals surface area contributed by atoms with Crippen LogP contribution in [-0.2, 0) is 22.6 Å². The average Bonchev–Trinajstić information content (AvgIpc) is 3.20. The number of para-hydroxylation sites is 1. The summed E-state index contributed by atoms with van der Waals surface area (Å²) in [7, 11) is 0. The second-order valence-electron chi connectivity index (χ2n) is 10.2. The van der Waals surface area contributed by atoms with Crippen molar-refractivity contribution in [3.05, 3.63) is 120 Å². The summed E-state index contributed by atoms with van der Waals surface area (Å²) < 4.78 is 6.23. The Kier molecular flexibility index (Phi) is 8.86. The summed E-state index contributed by atoms with van der Waals surface area (Å²) in [4.78, 5) is 31.5. The van der Waals surface area contributed by atoms with Crippen LogP contribution in [0.2, 0.25) is 0 Å². The molecule has 0 unspecified atom stereocenters. The van der Waals surface area contributed by atoms with Crippen molar-refractivity contribution < 1.29 is 19.4 Å². The molecule has 2 amide bonds. The van der Waals surface area contributed by atoms with E-state index in [1.54, 1.807) is 18.0 Å². The minimum absolute atomic E-state index is 0.169. The van der Waals surface area contributed by atoms with E-state index in [1.807, 2.05) is 103 Å². The van der Waals surface area contributed by atoms with E-state index < -0.39 is 18.1 Å². The molecule has 5 rings (SSSR count). The Hall–Kier alpha value is -4.75. The second-order valence-corrected chi connectivity index (χ2v) is 10.2. The molecular formula is C34H33N3O4. The molecule has 0 fully saturated rings. The minimum atomic E-state index is -0.986. The van der Waals surface area contributed by atoms with Gasteiger partial charge >= 0.3 is 0 Å². The van der Waals surface area contributed by atoms with Crippen LogP contribution in [-0.4, -0.2) is 34.6 Å². The molecule has 0 aliphatic carbocycles. The number of hydrogen-bond acceptors (Lipinski definition) is 5. The van der Waals surface area contributed by atoms with E-state index in [4.69, 9.17) is 4.74 Å². The number of carbonyl (C=O) groups excluding carboxylic acids is 2. The first-order valence-corrected chi connectivity index (χ1v) is 13.7. The first kappa shape index (κ1) is 27.8. The van der Waals surface area contributed by atoms with Crippen molar-refractivity contribution in [3.8, 4) is 11.5 Å². The molecule has 0 saturated heterocycles. The number of pyridine rings is 1. The maximum Gasteiger partial charge on any atom is 0.223 e. The minimum Gasteiger partial charge on any atom is -0.456 e. The van der Waals surface area contributed by atoms with E-state index in [1.165, 1.54) is 0 Å². The summed E-state index contributed by atoms with van der Waals surface area (Å²) >= 11 is 0. The van der Waals surface area contributed by atoms with Crippen molar-refractivity contribution in [2.75, 3.05) is 4.90 Å². The number of aromatic nitrogens is 1. The summed E-state index contributed by atoms with van der Waals surface area (Å²) in [5.41, 5.74) is 4.01. The van der Waals surface area contributed by atoms with Crippen molar-refractivity contribution in [2.24, 2.45) is 5.92 Å². The highest BCUT2D eigenvalue weighted by Gasteiger charge is 2.31. The Morgan fingerprint density at radius 1 is 0.951 bits per heavy atom. The molecule has 1 aliphatic heterocycles. The molecule has 0 spiro atoms. The number of fused-ring (bicyclic) bond motifs is 2. The highest BCUT2D eigenvalue weighted by atomic mass is 16.5. The predicted molar refractivity (Wildman–Crippen MR) is 160 cm³/mol. The third kappa shape index (κ3) is 6.70. The standard InChI is InChI=1S/C34H33N3O4/c1-24(34(40)36-22-27-13-7-8-19-35-27)20-31(39)30(21-25-10-3-2-4-11-25)37(23-38)29-14-9-16-33-28(29)18-17-26-12-5-6-15-32(26)41-33/h2-19,23-24,30-31,39H,20-22H2,1H3,(H,36,40)/t24-,30+,31+/m1/s1. The van der Waals surface area contributed by atoms with E-state index in [9.17, 15) is 14.7 Å². The number of aliphatic hydroxyl groups excluding tert-OH is 1. The van der Waals surface area contributed by atoms with Gasteiger partial charge in [0.2, 0.25) is 12.3 Å². The van der Waals surface area contributed by atoms with E-state index in [0.29, 0.717) is 24.4 Å². The molecule has 41 heavy (non-hydrogen) atoms. The van der Waals surface area contributed by atoms with E-state index >= 15 is 0 Å². The molecule has 7 nitrogen and oxygen atoms in total. The van der Waals surface area contributed by atoms with Crippen molar-refractivity contribution >= 4 is 30.2 Å². The van der Waals surface area contributed by atoms with Crippen LogP contribution in [0.25, 0.3) is 12.2 Å². The summed E-state index contributed by atoms with van der Waals surface area (Å²) in [5.74, 6) is 0.661. The van der Waals surface area contributed by atoms with Gasteiger partial charge in [-0.05, 0) is 54.8 Å². The molecule has 1 aromatic heterocycles. The summed E-state index contributed by atoms with van der Waals surface area (Å²) in [6, 6.07) is 27.9. The van der Waals surface area contributed by atoms with Gasteiger partial charge in [-0.3, -0.25) is 14.6 Å². The van der Waals surface area contributed by atoms with Crippen LogP contribution in [0.4, 0.5) is 5.69 Å². The number of nitrogens with zero attached hydrogens (tertiary/aromatic N) is 2. The van der Waals surface area contributed by atoms with Gasteiger partial charge in [-0.25, -0.2) is 0 Å². The highest BCUT2D eigenvalue weighted by Crippen LogP contribution is 2.39. The zero-order chi connectivity index (χ0) is 28.6. The number of nitrogens with one attached hydrogen (secondary N) is 1. The number of carbonyl (C=O) groups is 2. The molecule has 3 aromatic carbocycles. The van der Waals surface area contributed by atoms with Gasteiger partial charge in [0.1, 0.15) is 11.5 Å². The molecule has 3 atom stereocenters. The van der Waals surface area contributed by atoms with E-state index in [0.717, 1.165) is 34.5 Å². The van der Waals surface area contributed by atoms with Crippen molar-refractivity contribution in [3.63, 3.8) is 0 Å². The Balaban J connectivity index is 1.41. The lowest BCUT2D eigenvalue weighted by molar-refractivity contribution is -0.125. The first-order valence-electron chi connectivity index (χ1n) is 13.7. The summed E-state index contributed by atoms with van der Waals surface area (Å²) in [6.07, 6.45) is 5.92. The second kappa shape index (κ2) is 13.1. The molecular weight excluding hydrogens is 514 g/mol. The summed E-state index contributed by atoms with van der Waals surface area (Å²) in [6.45, 7) is 2.09. The molecule has 7 heteroatoms. The van der Waals surface area contributed by atoms with Crippen LogP contribution in [0, 0.1) is 5.92 Å². The van der Waals surface area contributed by atoms with Crippen LogP contribution in [0.1, 0.15) is 35.7 Å². The molecule has 208 valence electrons. The monoisotopic (exact) mass is 547 g/mol. The van der Waals surface area contributed by atoms with Crippen LogP contribution in [0.3, 0.4) is 0 Å². The molecule has 0 saturated carbocycles. The number of aliphatic hydroxyl groups is 1. The van der Waals surface area contributed by atoms with Crippen molar-refractivity contribution in [1.82, 2.24) is 10.3 Å². The number of amides is 2. The fourth-order valence-electron chi connectivity index (χ4n) is 5.09. The van der Waals surface area contributed by atoms with Gasteiger partial charge in [0.15, 0.2) is 0 Å². The normalized spacial score (nSPS) is 13.9. The van der Waals surface area contributed by atoms with Gasteiger partial charge < -0.3 is 20.1 Å². The highest BCUT2D eigenvalue weighted by molar-refractivity contribution is 5.89. The largest absolute Gasteiger partial charge is 0.456 e. The Morgan fingerprint density at radius 2 is 1.71 bits per heavy atom. The molecule has 1 aliphatic rings. The van der Waals surface area contributed by atoms with Gasteiger partial charge in [-0.1, -0.05) is 73.7 Å². The van der Waals surface area contributed by atoms with E-state index in [2.05, 4.69) is 10.3 Å². The Morgan fingerprint density at radius 3 is 2.49 bits per heavy atom. The van der Waals surface area contributed by atoms with Crippen molar-refractivity contribution in [1.29, 1.82) is 0 Å². The maximum atomic E-state index is 12.9. The predicted octanol–water partition coefficient (Wildman–Crippen LogP) is 5.64. The zero-order valence-electron chi connectivity index (χ0n) is 22.9. The average molecular weight is 548 g/mol. The molecule has 0 bridgehead atoms. The Bertz CT molecular complexity index is 1510. The third-order valence-corrected chi connectivity index (χ3v) is 7.30. The number of anilines is 1. The quantitative estimate of drug-likeness (QED) is 0.209. The fraction of sp³-hybridized carbons (Fsp3) is 0.206. The van der Waals surface area contributed by atoms with Gasteiger partial charge in [-0.2, -0.15) is 0 Å². The maximum absolute atomic E-state index is 12.9. The number of rotatable bonds is 11. The van der Waals surface area contributed by atoms with Crippen LogP contribution >= 0.6 is 0 Å². The topological polar surface area (TPSA) is 91.8 Å². The molecule has 4 aromatic rings. The lowest BCUT2D eigenvalue weighted by atomic mass is 9.92. The number of hydrogen-bond donors (Lipinski definition) is 2. The lowest BCUT2D eigenvalue weighted by Gasteiger charge is -2.34. The molecule has 2 heterocycles. The van der Waals surface area contributed by atoms with Gasteiger partial charge in [0.25, 0.3) is 0 Å². The SMILES string of the molecule is C[C@H](C[C@H](O)[C@H](Cc1ccccc1)N(C=O)c1cccc2c1C=Cc1ccccc1O2)C(=O)NCc1ccccn1. The third-order valence-electron chi connectivity index (χ3n) is 7.30. The Labute approximate surface area is 240 Å². The van der Waals surface area contributed by atoms with Crippen molar-refractivity contribution in [2.45, 2.75) is 38.5 Å². The lowest BCUT2D eigenvalue weighted by Crippen LogP contribution is -2.46.